The Morgan fingerprint density at radius 3 is 2.32 bits per heavy atom. The van der Waals surface area contributed by atoms with Crippen molar-refractivity contribution >= 4 is 0 Å². The quantitative estimate of drug-likeness (QED) is 0.461. The van der Waals surface area contributed by atoms with E-state index in [2.05, 4.69) is 54.5 Å². The predicted octanol–water partition coefficient (Wildman–Crippen LogP) is 7.00. The number of allylic oxidation sites excluding steroid dienone is 1. The first-order chi connectivity index (χ1) is 14.4. The monoisotopic (exact) mass is 430 g/mol. The standard InChI is InChI=1S/C29H50O2/c1-18(2)9-8-10-19(3)21-12-13-22-20-11-14-24-27(4,5)25(30)17-26(31)29(24,7)23(20)15-16-28(21,22)6/h14,18-23,25-26,30-31H,8-13,15-17H2,1-7H3/t19-,20+,21-,22+,23+,25-,26-,28-,29-/m1/s1. The van der Waals surface area contributed by atoms with Gasteiger partial charge in [0, 0.05) is 17.3 Å². The third kappa shape index (κ3) is 3.58. The number of aliphatic hydroxyl groups excluding tert-OH is 2. The number of hydrogen-bond donors (Lipinski definition) is 2. The van der Waals surface area contributed by atoms with Crippen molar-refractivity contribution in [3.05, 3.63) is 11.6 Å². The highest BCUT2D eigenvalue weighted by Crippen LogP contribution is 2.68. The van der Waals surface area contributed by atoms with Gasteiger partial charge in [0.2, 0.25) is 0 Å². The molecule has 0 aliphatic heterocycles. The fourth-order valence-electron chi connectivity index (χ4n) is 9.37. The predicted molar refractivity (Wildman–Crippen MR) is 130 cm³/mol. The highest BCUT2D eigenvalue weighted by atomic mass is 16.3. The normalized spacial score (nSPS) is 47.4. The van der Waals surface area contributed by atoms with Crippen LogP contribution in [0.15, 0.2) is 11.6 Å². The summed E-state index contributed by atoms with van der Waals surface area (Å²) in [5.41, 5.74) is 1.46. The lowest BCUT2D eigenvalue weighted by Crippen LogP contribution is -2.60. The van der Waals surface area contributed by atoms with Crippen LogP contribution in [0, 0.1) is 51.8 Å². The first-order valence-electron chi connectivity index (χ1n) is 13.5. The fourth-order valence-corrected chi connectivity index (χ4v) is 9.37. The molecule has 0 heterocycles. The second kappa shape index (κ2) is 8.15. The lowest BCUT2D eigenvalue weighted by molar-refractivity contribution is -0.133. The molecule has 3 saturated carbocycles. The Morgan fingerprint density at radius 1 is 0.935 bits per heavy atom. The van der Waals surface area contributed by atoms with E-state index >= 15 is 0 Å². The van der Waals surface area contributed by atoms with Gasteiger partial charge in [-0.1, -0.05) is 79.4 Å². The van der Waals surface area contributed by atoms with Crippen LogP contribution >= 0.6 is 0 Å². The first-order valence-corrected chi connectivity index (χ1v) is 13.5. The van der Waals surface area contributed by atoms with Crippen LogP contribution in [0.3, 0.4) is 0 Å². The average molecular weight is 431 g/mol. The molecule has 4 aliphatic rings. The van der Waals surface area contributed by atoms with Gasteiger partial charge in [-0.05, 0) is 73.0 Å². The second-order valence-electron chi connectivity index (χ2n) is 13.5. The van der Waals surface area contributed by atoms with E-state index in [0.29, 0.717) is 23.7 Å². The van der Waals surface area contributed by atoms with Crippen LogP contribution in [0.2, 0.25) is 0 Å². The van der Waals surface area contributed by atoms with Crippen molar-refractivity contribution in [1.82, 2.24) is 0 Å². The molecule has 0 aromatic rings. The van der Waals surface area contributed by atoms with Crippen LogP contribution in [-0.4, -0.2) is 22.4 Å². The summed E-state index contributed by atoms with van der Waals surface area (Å²) in [7, 11) is 0. The molecule has 178 valence electrons. The van der Waals surface area contributed by atoms with Crippen molar-refractivity contribution in [2.45, 2.75) is 118 Å². The number of fused-ring (bicyclic) bond motifs is 5. The molecular formula is C29H50O2. The van der Waals surface area contributed by atoms with Gasteiger partial charge in [-0.2, -0.15) is 0 Å². The molecule has 4 rings (SSSR count). The van der Waals surface area contributed by atoms with Crippen molar-refractivity contribution in [3.63, 3.8) is 0 Å². The Labute approximate surface area is 192 Å². The summed E-state index contributed by atoms with van der Waals surface area (Å²) in [6.07, 6.45) is 12.8. The van der Waals surface area contributed by atoms with E-state index in [1.165, 1.54) is 50.5 Å². The van der Waals surface area contributed by atoms with Crippen LogP contribution < -0.4 is 0 Å². The minimum atomic E-state index is -0.435. The number of rotatable bonds is 5. The third-order valence-corrected chi connectivity index (χ3v) is 11.2. The van der Waals surface area contributed by atoms with E-state index in [-0.39, 0.29) is 10.8 Å². The van der Waals surface area contributed by atoms with E-state index in [9.17, 15) is 10.2 Å². The van der Waals surface area contributed by atoms with Crippen molar-refractivity contribution in [2.75, 3.05) is 0 Å². The van der Waals surface area contributed by atoms with E-state index in [4.69, 9.17) is 0 Å². The molecule has 2 heteroatoms. The van der Waals surface area contributed by atoms with Crippen LogP contribution in [0.5, 0.6) is 0 Å². The maximum Gasteiger partial charge on any atom is 0.0658 e. The SMILES string of the molecule is CC(C)CCC[C@@H](C)[C@H]1CC[C@H]2[C@@H]3CC=C4C(C)(C)[C@H](O)C[C@@H](O)[C@]4(C)[C@H]3CC[C@]12C. The van der Waals surface area contributed by atoms with Crippen LogP contribution in [0.1, 0.15) is 106 Å². The minimum Gasteiger partial charge on any atom is -0.392 e. The first kappa shape index (κ1) is 23.8. The summed E-state index contributed by atoms with van der Waals surface area (Å²) in [6, 6.07) is 0. The third-order valence-electron chi connectivity index (χ3n) is 11.2. The van der Waals surface area contributed by atoms with E-state index in [0.717, 1.165) is 30.1 Å². The zero-order valence-corrected chi connectivity index (χ0v) is 21.5. The van der Waals surface area contributed by atoms with Crippen molar-refractivity contribution in [3.8, 4) is 0 Å². The Morgan fingerprint density at radius 2 is 1.65 bits per heavy atom. The maximum atomic E-state index is 11.3. The topological polar surface area (TPSA) is 40.5 Å². The van der Waals surface area contributed by atoms with E-state index < -0.39 is 12.2 Å². The summed E-state index contributed by atoms with van der Waals surface area (Å²) < 4.78 is 0. The molecule has 0 aromatic carbocycles. The lowest BCUT2D eigenvalue weighted by Gasteiger charge is -2.62. The van der Waals surface area contributed by atoms with Gasteiger partial charge < -0.3 is 10.2 Å². The largest absolute Gasteiger partial charge is 0.392 e. The van der Waals surface area contributed by atoms with Crippen LogP contribution in [-0.2, 0) is 0 Å². The molecule has 0 amide bonds. The molecule has 3 fully saturated rings. The molecule has 0 saturated heterocycles. The van der Waals surface area contributed by atoms with Gasteiger partial charge in [0.25, 0.3) is 0 Å². The van der Waals surface area contributed by atoms with Crippen LogP contribution in [0.4, 0.5) is 0 Å². The Bertz CT molecular complexity index is 693. The molecule has 0 spiro atoms. The Kier molecular flexibility index (Phi) is 6.26. The molecule has 0 unspecified atom stereocenters. The number of aliphatic hydroxyl groups is 2. The average Bonchev–Trinajstić information content (AvgIpc) is 3.04. The molecule has 9 atom stereocenters. The summed E-state index contributed by atoms with van der Waals surface area (Å²) in [6.45, 7) is 16.6. The summed E-state index contributed by atoms with van der Waals surface area (Å²) in [4.78, 5) is 0. The van der Waals surface area contributed by atoms with Crippen LogP contribution in [0.25, 0.3) is 0 Å². The molecule has 0 bridgehead atoms. The van der Waals surface area contributed by atoms with Gasteiger partial charge >= 0.3 is 0 Å². The van der Waals surface area contributed by atoms with E-state index in [1.807, 2.05) is 0 Å². The van der Waals surface area contributed by atoms with Gasteiger partial charge in [-0.25, -0.2) is 0 Å². The van der Waals surface area contributed by atoms with Gasteiger partial charge in [0.05, 0.1) is 12.2 Å². The Hall–Kier alpha value is -0.340. The summed E-state index contributed by atoms with van der Waals surface area (Å²) in [5, 5.41) is 22.0. The van der Waals surface area contributed by atoms with Gasteiger partial charge in [0.15, 0.2) is 0 Å². The maximum absolute atomic E-state index is 11.3. The zero-order valence-electron chi connectivity index (χ0n) is 21.5. The molecule has 2 nitrogen and oxygen atoms in total. The Balaban J connectivity index is 1.57. The molecular weight excluding hydrogens is 380 g/mol. The molecule has 2 N–H and O–H groups in total. The second-order valence-corrected chi connectivity index (χ2v) is 13.5. The smallest absolute Gasteiger partial charge is 0.0658 e. The fraction of sp³-hybridized carbons (Fsp3) is 0.931. The van der Waals surface area contributed by atoms with E-state index in [1.54, 1.807) is 0 Å². The van der Waals surface area contributed by atoms with Gasteiger partial charge in [-0.3, -0.25) is 0 Å². The summed E-state index contributed by atoms with van der Waals surface area (Å²) >= 11 is 0. The minimum absolute atomic E-state index is 0.159. The lowest BCUT2D eigenvalue weighted by atomic mass is 9.43. The van der Waals surface area contributed by atoms with Crippen molar-refractivity contribution in [2.24, 2.45) is 51.8 Å². The van der Waals surface area contributed by atoms with Gasteiger partial charge in [0.1, 0.15) is 0 Å². The zero-order chi connectivity index (χ0) is 22.8. The van der Waals surface area contributed by atoms with Gasteiger partial charge in [-0.15, -0.1) is 0 Å². The van der Waals surface area contributed by atoms with Crippen molar-refractivity contribution in [1.29, 1.82) is 0 Å². The van der Waals surface area contributed by atoms with Crippen molar-refractivity contribution < 1.29 is 10.2 Å². The molecule has 0 aromatic heterocycles. The highest BCUT2D eigenvalue weighted by molar-refractivity contribution is 5.33. The number of hydrogen-bond acceptors (Lipinski definition) is 2. The molecule has 0 radical (unpaired) electrons. The molecule has 4 aliphatic carbocycles. The summed E-state index contributed by atoms with van der Waals surface area (Å²) in [5.74, 6) is 4.62. The molecule has 31 heavy (non-hydrogen) atoms. The highest BCUT2D eigenvalue weighted by Gasteiger charge is 2.63.